The van der Waals surface area contributed by atoms with Crippen LogP contribution in [0.1, 0.15) is 24.2 Å². The number of aromatic nitrogens is 1. The van der Waals surface area contributed by atoms with Crippen LogP contribution in [0.3, 0.4) is 0 Å². The number of hydrogen-bond donors (Lipinski definition) is 1. The van der Waals surface area contributed by atoms with E-state index in [0.29, 0.717) is 5.56 Å². The fraction of sp³-hybridized carbons (Fsp3) is 0.400. The summed E-state index contributed by atoms with van der Waals surface area (Å²) in [6.07, 6.45) is 1.97. The van der Waals surface area contributed by atoms with Crippen LogP contribution in [0.2, 0.25) is 0 Å². The fourth-order valence-electron chi connectivity index (χ4n) is 2.39. The van der Waals surface area contributed by atoms with E-state index in [2.05, 4.69) is 23.3 Å². The van der Waals surface area contributed by atoms with E-state index < -0.39 is 5.97 Å². The molecule has 1 heterocycles. The number of carboxylic acid groups (broad SMARTS) is 1. The Balaban J connectivity index is 2.26. The van der Waals surface area contributed by atoms with Gasteiger partial charge >= 0.3 is 5.97 Å². The molecule has 0 spiro atoms. The zero-order valence-corrected chi connectivity index (χ0v) is 11.5. The van der Waals surface area contributed by atoms with Crippen molar-refractivity contribution < 1.29 is 9.90 Å². The van der Waals surface area contributed by atoms with Crippen LogP contribution in [0.4, 0.5) is 0 Å². The number of likely N-dealkylation sites (N-methyl/N-ethyl adjacent to an activating group) is 1. The Morgan fingerprint density at radius 1 is 1.26 bits per heavy atom. The Kier molecular flexibility index (Phi) is 4.22. The maximum absolute atomic E-state index is 11.2. The number of carbonyl (C=O) groups is 1. The highest BCUT2D eigenvalue weighted by Crippen LogP contribution is 2.20. The van der Waals surface area contributed by atoms with Crippen LogP contribution in [0, 0.1) is 0 Å². The van der Waals surface area contributed by atoms with Gasteiger partial charge in [-0.05, 0) is 31.3 Å². The number of fused-ring (bicyclic) bond motifs is 1. The number of hydrogen-bond acceptors (Lipinski definition) is 2. The number of rotatable bonds is 6. The van der Waals surface area contributed by atoms with E-state index in [1.54, 1.807) is 12.1 Å². The third-order valence-electron chi connectivity index (χ3n) is 3.60. The maximum atomic E-state index is 11.2. The molecule has 0 fully saturated rings. The van der Waals surface area contributed by atoms with Crippen molar-refractivity contribution in [3.8, 4) is 0 Å². The maximum Gasteiger partial charge on any atom is 0.336 e. The van der Waals surface area contributed by atoms with Crippen molar-refractivity contribution in [1.29, 1.82) is 0 Å². The number of nitrogens with zero attached hydrogens (tertiary/aromatic N) is 2. The molecule has 0 bridgehead atoms. The van der Waals surface area contributed by atoms with Gasteiger partial charge in [0.1, 0.15) is 0 Å². The zero-order chi connectivity index (χ0) is 13.8. The van der Waals surface area contributed by atoms with Crippen LogP contribution >= 0.6 is 0 Å². The monoisotopic (exact) mass is 260 g/mol. The van der Waals surface area contributed by atoms with E-state index in [-0.39, 0.29) is 0 Å². The molecule has 0 radical (unpaired) electrons. The highest BCUT2D eigenvalue weighted by molar-refractivity contribution is 6.02. The first-order valence-electron chi connectivity index (χ1n) is 6.70. The predicted octanol–water partition coefficient (Wildman–Crippen LogP) is 2.68. The molecule has 4 heteroatoms. The van der Waals surface area contributed by atoms with Gasteiger partial charge in [0.2, 0.25) is 0 Å². The van der Waals surface area contributed by atoms with Gasteiger partial charge in [0, 0.05) is 30.2 Å². The summed E-state index contributed by atoms with van der Waals surface area (Å²) in [6, 6.07) is 7.32. The molecule has 0 amide bonds. The Morgan fingerprint density at radius 2 is 2.00 bits per heavy atom. The minimum Gasteiger partial charge on any atom is -0.478 e. The van der Waals surface area contributed by atoms with Gasteiger partial charge in [-0.2, -0.15) is 0 Å². The minimum absolute atomic E-state index is 0.374. The van der Waals surface area contributed by atoms with Crippen molar-refractivity contribution in [2.75, 3.05) is 19.6 Å². The average Bonchev–Trinajstić information content (AvgIpc) is 2.83. The molecule has 4 nitrogen and oxygen atoms in total. The third kappa shape index (κ3) is 2.79. The third-order valence-corrected chi connectivity index (χ3v) is 3.60. The van der Waals surface area contributed by atoms with E-state index >= 15 is 0 Å². The standard InChI is InChI=1S/C15H20N2O2/c1-3-16(4-2)10-11-17-9-8-12-13(15(18)19)6-5-7-14(12)17/h5-9H,3-4,10-11H2,1-2H3,(H,18,19). The molecule has 0 atom stereocenters. The highest BCUT2D eigenvalue weighted by Gasteiger charge is 2.10. The molecule has 0 unspecified atom stereocenters. The first kappa shape index (κ1) is 13.6. The predicted molar refractivity (Wildman–Crippen MR) is 76.7 cm³/mol. The lowest BCUT2D eigenvalue weighted by atomic mass is 10.1. The molecular weight excluding hydrogens is 240 g/mol. The van der Waals surface area contributed by atoms with Gasteiger partial charge in [-0.25, -0.2) is 4.79 Å². The first-order valence-corrected chi connectivity index (χ1v) is 6.70. The second kappa shape index (κ2) is 5.89. The van der Waals surface area contributed by atoms with E-state index in [4.69, 9.17) is 5.11 Å². The zero-order valence-electron chi connectivity index (χ0n) is 11.5. The topological polar surface area (TPSA) is 45.5 Å². The summed E-state index contributed by atoms with van der Waals surface area (Å²) in [5, 5.41) is 9.98. The number of benzene rings is 1. The Hall–Kier alpha value is -1.81. The normalized spacial score (nSPS) is 11.3. The molecule has 0 aliphatic rings. The molecule has 2 aromatic rings. The van der Waals surface area contributed by atoms with Crippen LogP contribution in [0.25, 0.3) is 10.9 Å². The van der Waals surface area contributed by atoms with Gasteiger partial charge in [0.05, 0.1) is 5.56 Å². The summed E-state index contributed by atoms with van der Waals surface area (Å²) in [6.45, 7) is 8.24. The summed E-state index contributed by atoms with van der Waals surface area (Å²) in [5.41, 5.74) is 1.37. The smallest absolute Gasteiger partial charge is 0.336 e. The van der Waals surface area contributed by atoms with Gasteiger partial charge in [0.25, 0.3) is 0 Å². The lowest BCUT2D eigenvalue weighted by Gasteiger charge is -2.18. The molecule has 0 aliphatic carbocycles. The summed E-state index contributed by atoms with van der Waals surface area (Å²) in [5.74, 6) is -0.868. The van der Waals surface area contributed by atoms with Gasteiger partial charge in [-0.1, -0.05) is 19.9 Å². The SMILES string of the molecule is CCN(CC)CCn1ccc2c(C(=O)O)cccc21. The van der Waals surface area contributed by atoms with Crippen molar-refractivity contribution in [1.82, 2.24) is 9.47 Å². The van der Waals surface area contributed by atoms with E-state index in [1.165, 1.54) is 0 Å². The van der Waals surface area contributed by atoms with Crippen molar-refractivity contribution in [3.63, 3.8) is 0 Å². The van der Waals surface area contributed by atoms with Gasteiger partial charge in [-0.15, -0.1) is 0 Å². The van der Waals surface area contributed by atoms with Crippen LogP contribution in [0.5, 0.6) is 0 Å². The molecular formula is C15H20N2O2. The molecule has 0 saturated heterocycles. The quantitative estimate of drug-likeness (QED) is 0.868. The molecule has 19 heavy (non-hydrogen) atoms. The molecule has 0 aliphatic heterocycles. The Morgan fingerprint density at radius 3 is 2.63 bits per heavy atom. The second-order valence-electron chi connectivity index (χ2n) is 4.58. The molecule has 2 rings (SSSR count). The summed E-state index contributed by atoms with van der Waals surface area (Å²) in [4.78, 5) is 13.5. The van der Waals surface area contributed by atoms with E-state index in [9.17, 15) is 4.79 Å². The summed E-state index contributed by atoms with van der Waals surface area (Å²) < 4.78 is 2.13. The van der Waals surface area contributed by atoms with Gasteiger partial charge in [0.15, 0.2) is 0 Å². The van der Waals surface area contributed by atoms with Crippen LogP contribution in [0.15, 0.2) is 30.5 Å². The van der Waals surface area contributed by atoms with Crippen LogP contribution < -0.4 is 0 Å². The molecule has 0 saturated carbocycles. The largest absolute Gasteiger partial charge is 0.478 e. The Bertz CT molecular complexity index is 571. The Labute approximate surface area is 113 Å². The first-order chi connectivity index (χ1) is 9.17. The van der Waals surface area contributed by atoms with Crippen LogP contribution in [-0.4, -0.2) is 40.2 Å². The molecule has 1 aromatic carbocycles. The van der Waals surface area contributed by atoms with Crippen molar-refractivity contribution in [3.05, 3.63) is 36.0 Å². The fourth-order valence-corrected chi connectivity index (χ4v) is 2.39. The summed E-state index contributed by atoms with van der Waals surface area (Å²) >= 11 is 0. The molecule has 102 valence electrons. The second-order valence-corrected chi connectivity index (χ2v) is 4.58. The lowest BCUT2D eigenvalue weighted by Crippen LogP contribution is -2.26. The summed E-state index contributed by atoms with van der Waals surface area (Å²) in [7, 11) is 0. The van der Waals surface area contributed by atoms with Crippen molar-refractivity contribution >= 4 is 16.9 Å². The number of carboxylic acids is 1. The van der Waals surface area contributed by atoms with Crippen molar-refractivity contribution in [2.45, 2.75) is 20.4 Å². The van der Waals surface area contributed by atoms with Gasteiger partial charge < -0.3 is 14.6 Å². The number of aromatic carboxylic acids is 1. The van der Waals surface area contributed by atoms with Crippen molar-refractivity contribution in [2.24, 2.45) is 0 Å². The van der Waals surface area contributed by atoms with E-state index in [1.807, 2.05) is 18.3 Å². The van der Waals surface area contributed by atoms with E-state index in [0.717, 1.165) is 37.1 Å². The molecule has 1 N–H and O–H groups in total. The molecule has 1 aromatic heterocycles. The van der Waals surface area contributed by atoms with Gasteiger partial charge in [-0.3, -0.25) is 0 Å². The van der Waals surface area contributed by atoms with Crippen LogP contribution in [-0.2, 0) is 6.54 Å². The highest BCUT2D eigenvalue weighted by atomic mass is 16.4. The minimum atomic E-state index is -0.868. The lowest BCUT2D eigenvalue weighted by molar-refractivity contribution is 0.0699. The average molecular weight is 260 g/mol.